The standard InChI is InChI=1S/C18H18N2O3/c1-3-22-16-7-5-4-6-14(16)20-18(21)11-13-8-9-17-15(10-13)19-12(2)23-17/h4-10H,3,11H2,1-2H3,(H,20,21). The fourth-order valence-corrected chi connectivity index (χ4v) is 2.43. The molecule has 1 N–H and O–H groups in total. The zero-order valence-corrected chi connectivity index (χ0v) is 13.1. The van der Waals surface area contributed by atoms with Gasteiger partial charge in [-0.05, 0) is 36.8 Å². The maximum atomic E-state index is 12.3. The van der Waals surface area contributed by atoms with Gasteiger partial charge in [0.1, 0.15) is 11.3 Å². The summed E-state index contributed by atoms with van der Waals surface area (Å²) >= 11 is 0. The van der Waals surface area contributed by atoms with Gasteiger partial charge in [0.25, 0.3) is 0 Å². The van der Waals surface area contributed by atoms with Crippen LogP contribution < -0.4 is 10.1 Å². The van der Waals surface area contributed by atoms with Gasteiger partial charge in [-0.2, -0.15) is 0 Å². The summed E-state index contributed by atoms with van der Waals surface area (Å²) in [5.74, 6) is 1.19. The number of rotatable bonds is 5. The highest BCUT2D eigenvalue weighted by Gasteiger charge is 2.10. The van der Waals surface area contributed by atoms with Crippen LogP contribution >= 0.6 is 0 Å². The first-order valence-corrected chi connectivity index (χ1v) is 7.53. The topological polar surface area (TPSA) is 64.4 Å². The lowest BCUT2D eigenvalue weighted by atomic mass is 10.1. The van der Waals surface area contributed by atoms with Gasteiger partial charge in [0.15, 0.2) is 11.5 Å². The molecule has 23 heavy (non-hydrogen) atoms. The molecular formula is C18H18N2O3. The highest BCUT2D eigenvalue weighted by atomic mass is 16.5. The van der Waals surface area contributed by atoms with E-state index in [0.717, 1.165) is 16.7 Å². The number of nitrogens with one attached hydrogen (secondary N) is 1. The van der Waals surface area contributed by atoms with Gasteiger partial charge in [-0.25, -0.2) is 4.98 Å². The van der Waals surface area contributed by atoms with Gasteiger partial charge in [0, 0.05) is 6.92 Å². The van der Waals surface area contributed by atoms with Crippen LogP contribution in [0.25, 0.3) is 11.1 Å². The number of ether oxygens (including phenoxy) is 1. The average molecular weight is 310 g/mol. The van der Waals surface area contributed by atoms with Crippen LogP contribution in [0, 0.1) is 6.92 Å². The lowest BCUT2D eigenvalue weighted by Gasteiger charge is -2.11. The van der Waals surface area contributed by atoms with Gasteiger partial charge in [0.05, 0.1) is 18.7 Å². The summed E-state index contributed by atoms with van der Waals surface area (Å²) in [6.45, 7) is 4.26. The minimum Gasteiger partial charge on any atom is -0.492 e. The molecule has 0 aliphatic carbocycles. The van der Waals surface area contributed by atoms with E-state index in [0.29, 0.717) is 23.9 Å². The molecule has 1 heterocycles. The average Bonchev–Trinajstić information content (AvgIpc) is 2.89. The second-order valence-corrected chi connectivity index (χ2v) is 5.19. The van der Waals surface area contributed by atoms with Crippen LogP contribution in [0.15, 0.2) is 46.9 Å². The molecule has 1 amide bonds. The molecule has 3 rings (SSSR count). The predicted molar refractivity (Wildman–Crippen MR) is 88.7 cm³/mol. The van der Waals surface area contributed by atoms with E-state index in [1.165, 1.54) is 0 Å². The highest BCUT2D eigenvalue weighted by molar-refractivity contribution is 5.94. The normalized spacial score (nSPS) is 10.7. The van der Waals surface area contributed by atoms with Gasteiger partial charge < -0.3 is 14.5 Å². The van der Waals surface area contributed by atoms with E-state index >= 15 is 0 Å². The van der Waals surface area contributed by atoms with E-state index in [2.05, 4.69) is 10.3 Å². The first-order chi connectivity index (χ1) is 11.2. The molecule has 0 saturated carbocycles. The molecule has 0 saturated heterocycles. The van der Waals surface area contributed by atoms with Crippen molar-refractivity contribution in [1.82, 2.24) is 4.98 Å². The molecule has 1 aromatic heterocycles. The molecule has 0 spiro atoms. The monoisotopic (exact) mass is 310 g/mol. The zero-order chi connectivity index (χ0) is 16.2. The van der Waals surface area contributed by atoms with Crippen molar-refractivity contribution in [3.05, 3.63) is 53.9 Å². The van der Waals surface area contributed by atoms with Crippen LogP contribution in [-0.2, 0) is 11.2 Å². The largest absolute Gasteiger partial charge is 0.492 e. The summed E-state index contributed by atoms with van der Waals surface area (Å²) in [7, 11) is 0. The fraction of sp³-hybridized carbons (Fsp3) is 0.222. The molecule has 0 bridgehead atoms. The number of hydrogen-bond acceptors (Lipinski definition) is 4. The molecular weight excluding hydrogens is 292 g/mol. The predicted octanol–water partition coefficient (Wildman–Crippen LogP) is 3.72. The van der Waals surface area contributed by atoms with Crippen molar-refractivity contribution >= 4 is 22.7 Å². The van der Waals surface area contributed by atoms with Crippen molar-refractivity contribution in [1.29, 1.82) is 0 Å². The molecule has 5 nitrogen and oxygen atoms in total. The molecule has 0 fully saturated rings. The van der Waals surface area contributed by atoms with E-state index in [4.69, 9.17) is 9.15 Å². The summed E-state index contributed by atoms with van der Waals surface area (Å²) in [4.78, 5) is 16.6. The van der Waals surface area contributed by atoms with Crippen LogP contribution in [0.3, 0.4) is 0 Å². The smallest absolute Gasteiger partial charge is 0.228 e. The number of nitrogens with zero attached hydrogens (tertiary/aromatic N) is 1. The van der Waals surface area contributed by atoms with Crippen LogP contribution in [0.4, 0.5) is 5.69 Å². The molecule has 118 valence electrons. The van der Waals surface area contributed by atoms with E-state index < -0.39 is 0 Å². The van der Waals surface area contributed by atoms with Gasteiger partial charge in [-0.3, -0.25) is 4.79 Å². The number of hydrogen-bond donors (Lipinski definition) is 1. The molecule has 2 aromatic carbocycles. The number of oxazole rings is 1. The van der Waals surface area contributed by atoms with Crippen LogP contribution in [0.2, 0.25) is 0 Å². The number of benzene rings is 2. The Morgan fingerprint density at radius 2 is 2.09 bits per heavy atom. The second-order valence-electron chi connectivity index (χ2n) is 5.19. The quantitative estimate of drug-likeness (QED) is 0.780. The van der Waals surface area contributed by atoms with Crippen molar-refractivity contribution < 1.29 is 13.9 Å². The summed E-state index contributed by atoms with van der Waals surface area (Å²) < 4.78 is 10.9. The van der Waals surface area contributed by atoms with E-state index in [1.807, 2.05) is 49.4 Å². The van der Waals surface area contributed by atoms with E-state index in [1.54, 1.807) is 6.92 Å². The lowest BCUT2D eigenvalue weighted by molar-refractivity contribution is -0.115. The number of fused-ring (bicyclic) bond motifs is 1. The number of amides is 1. The fourth-order valence-electron chi connectivity index (χ4n) is 2.43. The van der Waals surface area contributed by atoms with Crippen molar-refractivity contribution in [3.8, 4) is 5.75 Å². The molecule has 0 aliphatic rings. The highest BCUT2D eigenvalue weighted by Crippen LogP contribution is 2.24. The maximum Gasteiger partial charge on any atom is 0.228 e. The third-order valence-corrected chi connectivity index (χ3v) is 3.38. The second kappa shape index (κ2) is 6.52. The molecule has 3 aromatic rings. The number of aryl methyl sites for hydroxylation is 1. The van der Waals surface area contributed by atoms with Crippen molar-refractivity contribution in [2.75, 3.05) is 11.9 Å². The van der Waals surface area contributed by atoms with Gasteiger partial charge >= 0.3 is 0 Å². The minimum atomic E-state index is -0.100. The summed E-state index contributed by atoms with van der Waals surface area (Å²) in [6.07, 6.45) is 0.266. The SMILES string of the molecule is CCOc1ccccc1NC(=O)Cc1ccc2oc(C)nc2c1. The zero-order valence-electron chi connectivity index (χ0n) is 13.1. The number of aromatic nitrogens is 1. The van der Waals surface area contributed by atoms with Crippen LogP contribution in [-0.4, -0.2) is 17.5 Å². The number of carbonyl (C=O) groups is 1. The van der Waals surface area contributed by atoms with Crippen molar-refractivity contribution in [2.45, 2.75) is 20.3 Å². The Balaban J connectivity index is 1.73. The lowest BCUT2D eigenvalue weighted by Crippen LogP contribution is -2.15. The molecule has 0 unspecified atom stereocenters. The Labute approximate surface area is 134 Å². The summed E-state index contributed by atoms with van der Waals surface area (Å²) in [5.41, 5.74) is 3.06. The maximum absolute atomic E-state index is 12.3. The van der Waals surface area contributed by atoms with E-state index in [-0.39, 0.29) is 12.3 Å². The molecule has 5 heteroatoms. The molecule has 0 radical (unpaired) electrons. The Morgan fingerprint density at radius 3 is 2.91 bits per heavy atom. The summed E-state index contributed by atoms with van der Waals surface area (Å²) in [5, 5.41) is 2.89. The van der Waals surface area contributed by atoms with Gasteiger partial charge in [-0.15, -0.1) is 0 Å². The first kappa shape index (κ1) is 15.1. The third-order valence-electron chi connectivity index (χ3n) is 3.38. The Morgan fingerprint density at radius 1 is 1.26 bits per heavy atom. The minimum absolute atomic E-state index is 0.100. The Bertz CT molecular complexity index is 839. The van der Waals surface area contributed by atoms with Crippen LogP contribution in [0.5, 0.6) is 5.75 Å². The van der Waals surface area contributed by atoms with Crippen molar-refractivity contribution in [3.63, 3.8) is 0 Å². The summed E-state index contributed by atoms with van der Waals surface area (Å²) in [6, 6.07) is 13.0. The van der Waals surface area contributed by atoms with E-state index in [9.17, 15) is 4.79 Å². The number of para-hydroxylation sites is 2. The number of carbonyl (C=O) groups excluding carboxylic acids is 1. The number of anilines is 1. The van der Waals surface area contributed by atoms with Gasteiger partial charge in [-0.1, -0.05) is 18.2 Å². The van der Waals surface area contributed by atoms with Crippen LogP contribution in [0.1, 0.15) is 18.4 Å². The Hall–Kier alpha value is -2.82. The molecule has 0 atom stereocenters. The van der Waals surface area contributed by atoms with Gasteiger partial charge in [0.2, 0.25) is 5.91 Å². The first-order valence-electron chi connectivity index (χ1n) is 7.53. The Kier molecular flexibility index (Phi) is 4.28. The third kappa shape index (κ3) is 3.51. The molecule has 0 aliphatic heterocycles. The van der Waals surface area contributed by atoms with Crippen molar-refractivity contribution in [2.24, 2.45) is 0 Å².